The number of anilines is 1. The van der Waals surface area contributed by atoms with Crippen LogP contribution in [-0.4, -0.2) is 48.3 Å². The average Bonchev–Trinajstić information content (AvgIpc) is 2.48. The van der Waals surface area contributed by atoms with Crippen LogP contribution >= 0.6 is 15.9 Å². The molecule has 0 aliphatic rings. The van der Waals surface area contributed by atoms with Gasteiger partial charge in [0, 0.05) is 23.8 Å². The standard InChI is InChI=1S/C16H23BrN2O4/c1-11(2)10-14(15(21)19(3)8-9-20)23-16(22)18-13-6-4-12(17)5-7-13/h4-7,11,14,20H,8-10H2,1-3H3,(H,18,22)/t14-/m0/s1. The van der Waals surface area contributed by atoms with Crippen LogP contribution in [0.4, 0.5) is 10.5 Å². The summed E-state index contributed by atoms with van der Waals surface area (Å²) in [6.45, 7) is 3.96. The predicted molar refractivity (Wildman–Crippen MR) is 92.2 cm³/mol. The third kappa shape index (κ3) is 7.00. The van der Waals surface area contributed by atoms with Crippen LogP contribution in [0.1, 0.15) is 20.3 Å². The highest BCUT2D eigenvalue weighted by molar-refractivity contribution is 9.10. The first kappa shape index (κ1) is 19.4. The van der Waals surface area contributed by atoms with Crippen molar-refractivity contribution in [3.63, 3.8) is 0 Å². The lowest BCUT2D eigenvalue weighted by atomic mass is 10.1. The van der Waals surface area contributed by atoms with Crippen LogP contribution in [0.5, 0.6) is 0 Å². The number of halogens is 1. The first-order chi connectivity index (χ1) is 10.8. The molecule has 0 spiro atoms. The van der Waals surface area contributed by atoms with E-state index in [0.29, 0.717) is 12.1 Å². The Morgan fingerprint density at radius 1 is 1.30 bits per heavy atom. The molecule has 1 aromatic carbocycles. The van der Waals surface area contributed by atoms with Gasteiger partial charge in [-0.25, -0.2) is 4.79 Å². The normalized spacial score (nSPS) is 11.9. The minimum atomic E-state index is -0.873. The van der Waals surface area contributed by atoms with Crippen molar-refractivity contribution in [2.45, 2.75) is 26.4 Å². The minimum absolute atomic E-state index is 0.137. The third-order valence-electron chi connectivity index (χ3n) is 3.11. The lowest BCUT2D eigenvalue weighted by molar-refractivity contribution is -0.140. The molecular weight excluding hydrogens is 364 g/mol. The Kier molecular flexibility index (Phi) is 8.05. The number of carbonyl (C=O) groups excluding carboxylic acids is 2. The van der Waals surface area contributed by atoms with Crippen LogP contribution in [0.25, 0.3) is 0 Å². The Morgan fingerprint density at radius 2 is 1.91 bits per heavy atom. The van der Waals surface area contributed by atoms with Crippen molar-refractivity contribution in [1.29, 1.82) is 0 Å². The highest BCUT2D eigenvalue weighted by atomic mass is 79.9. The Balaban J connectivity index is 2.69. The van der Waals surface area contributed by atoms with E-state index in [0.717, 1.165) is 4.47 Å². The smallest absolute Gasteiger partial charge is 0.412 e. The molecule has 0 aliphatic heterocycles. The zero-order valence-electron chi connectivity index (χ0n) is 13.6. The summed E-state index contributed by atoms with van der Waals surface area (Å²) in [6.07, 6.45) is -1.13. The summed E-state index contributed by atoms with van der Waals surface area (Å²) in [4.78, 5) is 25.7. The van der Waals surface area contributed by atoms with E-state index in [-0.39, 0.29) is 25.0 Å². The lowest BCUT2D eigenvalue weighted by Gasteiger charge is -2.24. The van der Waals surface area contributed by atoms with Crippen molar-refractivity contribution >= 4 is 33.6 Å². The maximum Gasteiger partial charge on any atom is 0.412 e. The van der Waals surface area contributed by atoms with E-state index in [9.17, 15) is 9.59 Å². The molecule has 0 unspecified atom stereocenters. The van der Waals surface area contributed by atoms with Gasteiger partial charge >= 0.3 is 6.09 Å². The molecule has 0 heterocycles. The fraction of sp³-hybridized carbons (Fsp3) is 0.500. The zero-order chi connectivity index (χ0) is 17.4. The van der Waals surface area contributed by atoms with Crippen LogP contribution in [0.15, 0.2) is 28.7 Å². The number of nitrogens with zero attached hydrogens (tertiary/aromatic N) is 1. The second kappa shape index (κ2) is 9.52. The van der Waals surface area contributed by atoms with Crippen LogP contribution in [0.3, 0.4) is 0 Å². The van der Waals surface area contributed by atoms with E-state index in [1.54, 1.807) is 31.3 Å². The summed E-state index contributed by atoms with van der Waals surface area (Å²) in [7, 11) is 1.57. The highest BCUT2D eigenvalue weighted by Gasteiger charge is 2.26. The molecule has 2 amide bonds. The van der Waals surface area contributed by atoms with Crippen LogP contribution in [0, 0.1) is 5.92 Å². The van der Waals surface area contributed by atoms with E-state index >= 15 is 0 Å². The number of likely N-dealkylation sites (N-methyl/N-ethyl adjacent to an activating group) is 1. The molecule has 1 aromatic rings. The molecule has 0 saturated carbocycles. The molecule has 7 heteroatoms. The monoisotopic (exact) mass is 386 g/mol. The van der Waals surface area contributed by atoms with Crippen LogP contribution in [-0.2, 0) is 9.53 Å². The van der Waals surface area contributed by atoms with Gasteiger partial charge < -0.3 is 14.7 Å². The molecule has 0 radical (unpaired) electrons. The summed E-state index contributed by atoms with van der Waals surface area (Å²) < 4.78 is 6.19. The summed E-state index contributed by atoms with van der Waals surface area (Å²) in [5.41, 5.74) is 0.581. The number of nitrogens with one attached hydrogen (secondary N) is 1. The summed E-state index contributed by atoms with van der Waals surface area (Å²) in [6, 6.07) is 7.04. The predicted octanol–water partition coefficient (Wildman–Crippen LogP) is 2.86. The molecule has 0 fully saturated rings. The van der Waals surface area contributed by atoms with E-state index in [1.165, 1.54) is 4.90 Å². The maximum atomic E-state index is 12.3. The number of hydrogen-bond donors (Lipinski definition) is 2. The first-order valence-corrected chi connectivity index (χ1v) is 8.21. The number of aliphatic hydroxyl groups is 1. The maximum absolute atomic E-state index is 12.3. The van der Waals surface area contributed by atoms with Gasteiger partial charge in [-0.2, -0.15) is 0 Å². The molecule has 1 rings (SSSR count). The number of ether oxygens (including phenoxy) is 1. The van der Waals surface area contributed by atoms with Crippen molar-refractivity contribution in [2.24, 2.45) is 5.92 Å². The van der Waals surface area contributed by atoms with Crippen LogP contribution < -0.4 is 5.32 Å². The fourth-order valence-electron chi connectivity index (χ4n) is 1.94. The molecule has 0 saturated heterocycles. The van der Waals surface area contributed by atoms with E-state index in [2.05, 4.69) is 21.2 Å². The van der Waals surface area contributed by atoms with Gasteiger partial charge in [0.05, 0.1) is 6.61 Å². The topological polar surface area (TPSA) is 78.9 Å². The SMILES string of the molecule is CC(C)C[C@H](OC(=O)Nc1ccc(Br)cc1)C(=O)N(C)CCO. The molecular formula is C16H23BrN2O4. The molecule has 0 aliphatic carbocycles. The van der Waals surface area contributed by atoms with Gasteiger partial charge in [0.1, 0.15) is 0 Å². The second-order valence-electron chi connectivity index (χ2n) is 5.64. The summed E-state index contributed by atoms with van der Waals surface area (Å²) in [5, 5.41) is 11.5. The van der Waals surface area contributed by atoms with Crippen molar-refractivity contribution in [3.05, 3.63) is 28.7 Å². The van der Waals surface area contributed by atoms with Gasteiger partial charge in [-0.1, -0.05) is 29.8 Å². The van der Waals surface area contributed by atoms with Gasteiger partial charge in [0.25, 0.3) is 5.91 Å². The second-order valence-corrected chi connectivity index (χ2v) is 6.55. The van der Waals surface area contributed by atoms with Gasteiger partial charge in [-0.05, 0) is 36.6 Å². The van der Waals surface area contributed by atoms with Gasteiger partial charge in [-0.3, -0.25) is 10.1 Å². The molecule has 0 aromatic heterocycles. The van der Waals surface area contributed by atoms with E-state index in [4.69, 9.17) is 9.84 Å². The summed E-state index contributed by atoms with van der Waals surface area (Å²) in [5.74, 6) is -0.134. The zero-order valence-corrected chi connectivity index (χ0v) is 15.2. The lowest BCUT2D eigenvalue weighted by Crippen LogP contribution is -2.41. The average molecular weight is 387 g/mol. The Labute approximate surface area is 144 Å². The molecule has 0 bridgehead atoms. The Hall–Kier alpha value is -1.60. The third-order valence-corrected chi connectivity index (χ3v) is 3.64. The quantitative estimate of drug-likeness (QED) is 0.754. The van der Waals surface area contributed by atoms with Gasteiger partial charge in [-0.15, -0.1) is 0 Å². The Bertz CT molecular complexity index is 519. The minimum Gasteiger partial charge on any atom is -0.436 e. The Morgan fingerprint density at radius 3 is 2.43 bits per heavy atom. The summed E-state index contributed by atoms with van der Waals surface area (Å²) >= 11 is 3.31. The molecule has 128 valence electrons. The molecule has 2 N–H and O–H groups in total. The van der Waals surface area contributed by atoms with Crippen molar-refractivity contribution in [3.8, 4) is 0 Å². The number of benzene rings is 1. The van der Waals surface area contributed by atoms with Gasteiger partial charge in [0.15, 0.2) is 6.10 Å². The van der Waals surface area contributed by atoms with E-state index < -0.39 is 12.2 Å². The molecule has 23 heavy (non-hydrogen) atoms. The van der Waals surface area contributed by atoms with E-state index in [1.807, 2.05) is 13.8 Å². The van der Waals surface area contributed by atoms with Crippen LogP contribution in [0.2, 0.25) is 0 Å². The number of hydrogen-bond acceptors (Lipinski definition) is 4. The van der Waals surface area contributed by atoms with Crippen molar-refractivity contribution in [2.75, 3.05) is 25.5 Å². The molecule has 1 atom stereocenters. The largest absolute Gasteiger partial charge is 0.436 e. The first-order valence-electron chi connectivity index (χ1n) is 7.42. The number of amides is 2. The number of carbonyl (C=O) groups is 2. The van der Waals surface area contributed by atoms with Crippen molar-refractivity contribution in [1.82, 2.24) is 4.90 Å². The van der Waals surface area contributed by atoms with Crippen molar-refractivity contribution < 1.29 is 19.4 Å². The van der Waals surface area contributed by atoms with Gasteiger partial charge in [0.2, 0.25) is 0 Å². The fourth-order valence-corrected chi connectivity index (χ4v) is 2.21. The number of rotatable bonds is 7. The number of aliphatic hydroxyl groups excluding tert-OH is 1. The molecule has 6 nitrogen and oxygen atoms in total. The highest BCUT2D eigenvalue weighted by Crippen LogP contribution is 2.16.